The van der Waals surface area contributed by atoms with Crippen molar-refractivity contribution in [2.75, 3.05) is 25.0 Å². The Kier molecular flexibility index (Phi) is 3.32. The number of nitrogens with one attached hydrogen (secondary N) is 1. The van der Waals surface area contributed by atoms with Gasteiger partial charge in [0.2, 0.25) is 0 Å². The first-order valence-corrected chi connectivity index (χ1v) is 9.24. The third kappa shape index (κ3) is 2.23. The number of benzene rings is 1. The molecule has 0 aliphatic carbocycles. The quantitative estimate of drug-likeness (QED) is 0.736. The number of aryl methyl sites for hydroxylation is 1. The third-order valence-corrected chi connectivity index (χ3v) is 6.02. The van der Waals surface area contributed by atoms with Crippen LogP contribution in [0.25, 0.3) is 5.52 Å². The first kappa shape index (κ1) is 15.4. The fourth-order valence-electron chi connectivity index (χ4n) is 4.46. The molecule has 0 atom stereocenters. The van der Waals surface area contributed by atoms with E-state index < -0.39 is 0 Å². The van der Waals surface area contributed by atoms with Gasteiger partial charge in [0, 0.05) is 36.4 Å². The van der Waals surface area contributed by atoms with Gasteiger partial charge in [-0.05, 0) is 49.6 Å². The molecule has 1 N–H and O–H groups in total. The van der Waals surface area contributed by atoms with Gasteiger partial charge in [-0.25, -0.2) is 4.52 Å². The molecule has 1 amide bonds. The summed E-state index contributed by atoms with van der Waals surface area (Å²) in [5, 5.41) is 8.07. The van der Waals surface area contributed by atoms with E-state index >= 15 is 0 Å². The molecule has 132 valence electrons. The number of pyridine rings is 1. The first-order valence-electron chi connectivity index (χ1n) is 9.24. The van der Waals surface area contributed by atoms with Crippen LogP contribution in [0.2, 0.25) is 0 Å². The number of hydrogen-bond acceptors (Lipinski definition) is 3. The van der Waals surface area contributed by atoms with Crippen LogP contribution in [-0.2, 0) is 5.41 Å². The molecule has 0 unspecified atom stereocenters. The Morgan fingerprint density at radius 2 is 1.92 bits per heavy atom. The highest BCUT2D eigenvalue weighted by Crippen LogP contribution is 2.43. The third-order valence-electron chi connectivity index (χ3n) is 6.02. The number of carbonyl (C=O) groups excluding carboxylic acids is 1. The van der Waals surface area contributed by atoms with Crippen molar-refractivity contribution >= 4 is 17.1 Å². The average molecular weight is 346 g/mol. The molecule has 3 aromatic rings. The molecule has 1 aromatic carbocycles. The highest BCUT2D eigenvalue weighted by Gasteiger charge is 2.42. The normalized spacial score (nSPS) is 18.1. The summed E-state index contributed by atoms with van der Waals surface area (Å²) >= 11 is 0. The summed E-state index contributed by atoms with van der Waals surface area (Å²) in [6, 6.07) is 16.5. The van der Waals surface area contributed by atoms with E-state index in [9.17, 15) is 4.79 Å². The summed E-state index contributed by atoms with van der Waals surface area (Å²) in [4.78, 5) is 14.9. The molecule has 1 spiro atoms. The molecular formula is C21H22N4O. The van der Waals surface area contributed by atoms with Crippen molar-refractivity contribution in [1.29, 1.82) is 0 Å². The highest BCUT2D eigenvalue weighted by atomic mass is 16.2. The highest BCUT2D eigenvalue weighted by molar-refractivity contribution is 5.93. The molecule has 4 heterocycles. The number of rotatable bonds is 1. The fourth-order valence-corrected chi connectivity index (χ4v) is 4.46. The first-order chi connectivity index (χ1) is 12.7. The zero-order valence-electron chi connectivity index (χ0n) is 14.9. The van der Waals surface area contributed by atoms with Gasteiger partial charge >= 0.3 is 0 Å². The van der Waals surface area contributed by atoms with Crippen molar-refractivity contribution in [3.05, 3.63) is 65.5 Å². The van der Waals surface area contributed by atoms with Gasteiger partial charge in [0.05, 0.1) is 5.52 Å². The maximum absolute atomic E-state index is 13.0. The molecule has 0 radical (unpaired) electrons. The van der Waals surface area contributed by atoms with E-state index in [-0.39, 0.29) is 11.3 Å². The molecule has 5 rings (SSSR count). The Balaban J connectivity index is 1.37. The lowest BCUT2D eigenvalue weighted by atomic mass is 9.74. The van der Waals surface area contributed by atoms with Crippen molar-refractivity contribution in [3.63, 3.8) is 0 Å². The van der Waals surface area contributed by atoms with Crippen molar-refractivity contribution in [1.82, 2.24) is 14.5 Å². The Labute approximate surface area is 152 Å². The predicted molar refractivity (Wildman–Crippen MR) is 102 cm³/mol. The summed E-state index contributed by atoms with van der Waals surface area (Å²) < 4.78 is 1.84. The zero-order valence-corrected chi connectivity index (χ0v) is 14.9. The van der Waals surface area contributed by atoms with E-state index in [2.05, 4.69) is 34.7 Å². The minimum Gasteiger partial charge on any atom is -0.384 e. The second-order valence-electron chi connectivity index (χ2n) is 7.51. The van der Waals surface area contributed by atoms with Crippen LogP contribution >= 0.6 is 0 Å². The summed E-state index contributed by atoms with van der Waals surface area (Å²) in [5.41, 5.74) is 5.38. The molecule has 2 aromatic heterocycles. The van der Waals surface area contributed by atoms with E-state index in [0.717, 1.165) is 43.7 Å². The maximum atomic E-state index is 13.0. The van der Waals surface area contributed by atoms with Crippen LogP contribution < -0.4 is 5.32 Å². The Hall–Kier alpha value is -2.82. The van der Waals surface area contributed by atoms with Crippen LogP contribution in [0, 0.1) is 6.92 Å². The summed E-state index contributed by atoms with van der Waals surface area (Å²) in [7, 11) is 0. The van der Waals surface area contributed by atoms with Crippen LogP contribution in [0.1, 0.15) is 34.6 Å². The number of fused-ring (bicyclic) bond motifs is 3. The number of para-hydroxylation sites is 1. The summed E-state index contributed by atoms with van der Waals surface area (Å²) in [6.07, 6.45) is 1.99. The molecule has 26 heavy (non-hydrogen) atoms. The van der Waals surface area contributed by atoms with E-state index in [1.165, 1.54) is 11.3 Å². The Bertz CT molecular complexity index is 998. The minimum absolute atomic E-state index is 0.0437. The van der Waals surface area contributed by atoms with Gasteiger partial charge < -0.3 is 10.2 Å². The lowest BCUT2D eigenvalue weighted by molar-refractivity contribution is 0.0670. The zero-order chi connectivity index (χ0) is 17.7. The molecule has 0 saturated carbocycles. The number of hydrogen-bond donors (Lipinski definition) is 1. The van der Waals surface area contributed by atoms with Gasteiger partial charge in [-0.1, -0.05) is 24.3 Å². The second-order valence-corrected chi connectivity index (χ2v) is 7.51. The maximum Gasteiger partial charge on any atom is 0.274 e. The topological polar surface area (TPSA) is 49.6 Å². The number of amides is 1. The number of anilines is 1. The van der Waals surface area contributed by atoms with Gasteiger partial charge in [0.15, 0.2) is 5.69 Å². The van der Waals surface area contributed by atoms with E-state index in [4.69, 9.17) is 0 Å². The standard InChI is InChI=1S/C21H22N4O/c1-15-5-4-6-16-13-19(23-25(15)16)20(26)24-11-9-21(10-12-24)14-22-18-8-3-2-7-17(18)21/h2-8,13,22H,9-12,14H2,1H3. The number of piperidine rings is 1. The van der Waals surface area contributed by atoms with Crippen LogP contribution in [0.15, 0.2) is 48.5 Å². The number of nitrogens with zero attached hydrogens (tertiary/aromatic N) is 3. The molecule has 2 aliphatic heterocycles. The molecule has 5 heteroatoms. The van der Waals surface area contributed by atoms with Gasteiger partial charge in [-0.15, -0.1) is 0 Å². The molecule has 1 fully saturated rings. The SMILES string of the molecule is Cc1cccc2cc(C(=O)N3CCC4(CC3)CNc3ccccc34)nn12. The van der Waals surface area contributed by atoms with Crippen molar-refractivity contribution in [2.24, 2.45) is 0 Å². The Morgan fingerprint density at radius 1 is 1.12 bits per heavy atom. The fraction of sp³-hybridized carbons (Fsp3) is 0.333. The van der Waals surface area contributed by atoms with E-state index in [1.807, 2.05) is 40.6 Å². The predicted octanol–water partition coefficient (Wildman–Crippen LogP) is 3.24. The van der Waals surface area contributed by atoms with Crippen molar-refractivity contribution in [2.45, 2.75) is 25.2 Å². The van der Waals surface area contributed by atoms with Crippen molar-refractivity contribution in [3.8, 4) is 0 Å². The number of likely N-dealkylation sites (tertiary alicyclic amines) is 1. The molecule has 2 aliphatic rings. The van der Waals surface area contributed by atoms with E-state index in [1.54, 1.807) is 0 Å². The van der Waals surface area contributed by atoms with Crippen LogP contribution in [0.3, 0.4) is 0 Å². The second kappa shape index (κ2) is 5.59. The van der Waals surface area contributed by atoms with E-state index in [0.29, 0.717) is 5.69 Å². The Morgan fingerprint density at radius 3 is 2.73 bits per heavy atom. The number of aromatic nitrogens is 2. The summed E-state index contributed by atoms with van der Waals surface area (Å²) in [5.74, 6) is 0.0437. The summed E-state index contributed by atoms with van der Waals surface area (Å²) in [6.45, 7) is 4.54. The lowest BCUT2D eigenvalue weighted by Gasteiger charge is -2.39. The van der Waals surface area contributed by atoms with Gasteiger partial charge in [-0.2, -0.15) is 5.10 Å². The smallest absolute Gasteiger partial charge is 0.274 e. The minimum atomic E-state index is 0.0437. The lowest BCUT2D eigenvalue weighted by Crippen LogP contribution is -2.46. The van der Waals surface area contributed by atoms with Crippen molar-refractivity contribution < 1.29 is 4.79 Å². The van der Waals surface area contributed by atoms with Crippen LogP contribution in [0.5, 0.6) is 0 Å². The van der Waals surface area contributed by atoms with Gasteiger partial charge in [0.1, 0.15) is 0 Å². The monoisotopic (exact) mass is 346 g/mol. The molecular weight excluding hydrogens is 324 g/mol. The van der Waals surface area contributed by atoms with Crippen LogP contribution in [-0.4, -0.2) is 40.1 Å². The number of carbonyl (C=O) groups is 1. The van der Waals surface area contributed by atoms with Gasteiger partial charge in [0.25, 0.3) is 5.91 Å². The largest absolute Gasteiger partial charge is 0.384 e. The molecule has 1 saturated heterocycles. The van der Waals surface area contributed by atoms with Crippen LogP contribution in [0.4, 0.5) is 5.69 Å². The van der Waals surface area contributed by atoms with Gasteiger partial charge in [-0.3, -0.25) is 4.79 Å². The average Bonchev–Trinajstić information content (AvgIpc) is 3.26. The molecule has 5 nitrogen and oxygen atoms in total. The molecule has 0 bridgehead atoms.